The third kappa shape index (κ3) is 3.08. The van der Waals surface area contributed by atoms with Crippen LogP contribution in [0.1, 0.15) is 5.56 Å². The Labute approximate surface area is 123 Å². The van der Waals surface area contributed by atoms with E-state index in [4.69, 9.17) is 16.3 Å². The van der Waals surface area contributed by atoms with Crippen LogP contribution in [-0.4, -0.2) is 26.7 Å². The van der Waals surface area contributed by atoms with E-state index >= 15 is 0 Å². The Morgan fingerprint density at radius 3 is 2.57 bits per heavy atom. The van der Waals surface area contributed by atoms with Crippen LogP contribution in [0.4, 0.5) is 11.5 Å². The SMILES string of the molecule is COc1ccc(Cn2cc(Cl)c([N+](=O)[O-])n2)cc1[N+](=O)[O-]. The molecule has 0 N–H and O–H groups in total. The van der Waals surface area contributed by atoms with Gasteiger partial charge in [0, 0.05) is 6.07 Å². The minimum atomic E-state index is -0.699. The van der Waals surface area contributed by atoms with E-state index in [2.05, 4.69) is 5.10 Å². The van der Waals surface area contributed by atoms with Crippen LogP contribution >= 0.6 is 11.6 Å². The van der Waals surface area contributed by atoms with Crippen LogP contribution in [0.3, 0.4) is 0 Å². The molecule has 1 aromatic heterocycles. The molecule has 0 aliphatic rings. The van der Waals surface area contributed by atoms with Crippen LogP contribution in [0.5, 0.6) is 5.75 Å². The Morgan fingerprint density at radius 2 is 2.05 bits per heavy atom. The van der Waals surface area contributed by atoms with Gasteiger partial charge in [0.1, 0.15) is 0 Å². The molecule has 9 nitrogen and oxygen atoms in total. The first-order valence-electron chi connectivity index (χ1n) is 5.61. The lowest BCUT2D eigenvalue weighted by Crippen LogP contribution is -2.02. The molecule has 0 spiro atoms. The van der Waals surface area contributed by atoms with Crippen molar-refractivity contribution in [2.24, 2.45) is 0 Å². The van der Waals surface area contributed by atoms with Crippen molar-refractivity contribution < 1.29 is 14.6 Å². The lowest BCUT2D eigenvalue weighted by atomic mass is 10.2. The van der Waals surface area contributed by atoms with E-state index in [9.17, 15) is 20.2 Å². The second kappa shape index (κ2) is 5.75. The molecule has 0 saturated carbocycles. The molecule has 1 heterocycles. The summed E-state index contributed by atoms with van der Waals surface area (Å²) in [5, 5.41) is 25.2. The molecule has 0 saturated heterocycles. The summed E-state index contributed by atoms with van der Waals surface area (Å²) in [6, 6.07) is 4.38. The lowest BCUT2D eigenvalue weighted by Gasteiger charge is -2.03. The van der Waals surface area contributed by atoms with E-state index < -0.39 is 15.7 Å². The van der Waals surface area contributed by atoms with Gasteiger partial charge >= 0.3 is 11.5 Å². The maximum absolute atomic E-state index is 10.9. The van der Waals surface area contributed by atoms with Crippen LogP contribution in [-0.2, 0) is 6.54 Å². The number of nitro benzene ring substituents is 1. The van der Waals surface area contributed by atoms with Crippen molar-refractivity contribution in [1.82, 2.24) is 9.78 Å². The van der Waals surface area contributed by atoms with Gasteiger partial charge in [-0.3, -0.25) is 10.1 Å². The van der Waals surface area contributed by atoms with Crippen LogP contribution < -0.4 is 4.74 Å². The number of halogens is 1. The Morgan fingerprint density at radius 1 is 1.33 bits per heavy atom. The zero-order valence-electron chi connectivity index (χ0n) is 10.7. The van der Waals surface area contributed by atoms with E-state index in [-0.39, 0.29) is 23.0 Å². The van der Waals surface area contributed by atoms with Crippen molar-refractivity contribution in [3.63, 3.8) is 0 Å². The molecule has 0 radical (unpaired) electrons. The molecule has 0 bridgehead atoms. The Bertz CT molecular complexity index is 715. The summed E-state index contributed by atoms with van der Waals surface area (Å²) in [5.74, 6) is -0.326. The van der Waals surface area contributed by atoms with Gasteiger partial charge in [0.05, 0.1) is 29.9 Å². The van der Waals surface area contributed by atoms with Gasteiger partial charge in [-0.1, -0.05) is 17.7 Å². The highest BCUT2D eigenvalue weighted by atomic mass is 35.5. The highest BCUT2D eigenvalue weighted by molar-refractivity contribution is 6.32. The van der Waals surface area contributed by atoms with Gasteiger partial charge < -0.3 is 14.9 Å². The summed E-state index contributed by atoms with van der Waals surface area (Å²) in [6.45, 7) is 0.110. The number of methoxy groups -OCH3 is 1. The summed E-state index contributed by atoms with van der Waals surface area (Å²) >= 11 is 5.68. The molecule has 110 valence electrons. The molecule has 1 aromatic carbocycles. The van der Waals surface area contributed by atoms with Crippen molar-refractivity contribution in [3.8, 4) is 5.75 Å². The maximum atomic E-state index is 10.9. The number of nitrogens with zero attached hydrogens (tertiary/aromatic N) is 4. The number of nitro groups is 2. The fourth-order valence-electron chi connectivity index (χ4n) is 1.76. The quantitative estimate of drug-likeness (QED) is 0.618. The third-order valence-corrected chi connectivity index (χ3v) is 2.92. The Hall–Kier alpha value is -2.68. The molecule has 0 aliphatic heterocycles. The summed E-state index contributed by atoms with van der Waals surface area (Å²) in [4.78, 5) is 20.3. The van der Waals surface area contributed by atoms with Crippen molar-refractivity contribution in [1.29, 1.82) is 0 Å². The molecular formula is C11H9ClN4O5. The minimum absolute atomic E-state index is 0.0944. The maximum Gasteiger partial charge on any atom is 0.408 e. The number of rotatable bonds is 5. The average Bonchev–Trinajstić information content (AvgIpc) is 2.79. The van der Waals surface area contributed by atoms with Crippen LogP contribution in [0.25, 0.3) is 0 Å². The zero-order chi connectivity index (χ0) is 15.6. The lowest BCUT2D eigenvalue weighted by molar-refractivity contribution is -0.389. The number of hydrogen-bond donors (Lipinski definition) is 0. The third-order valence-electron chi connectivity index (χ3n) is 2.66. The number of benzene rings is 1. The standard InChI is InChI=1S/C11H9ClN4O5/c1-21-10-3-2-7(4-9(10)15(17)18)5-14-6-8(12)11(13-14)16(19)20/h2-4,6H,5H2,1H3. The second-order valence-electron chi connectivity index (χ2n) is 4.02. The van der Waals surface area contributed by atoms with Crippen LogP contribution in [0, 0.1) is 20.2 Å². The fourth-order valence-corrected chi connectivity index (χ4v) is 1.97. The normalized spacial score (nSPS) is 10.4. The van der Waals surface area contributed by atoms with Gasteiger partial charge in [-0.15, -0.1) is 0 Å². The molecule has 2 aromatic rings. The van der Waals surface area contributed by atoms with Gasteiger partial charge in [0.15, 0.2) is 10.8 Å². The Kier molecular flexibility index (Phi) is 4.03. The molecule has 2 rings (SSSR count). The summed E-state index contributed by atoms with van der Waals surface area (Å²) < 4.78 is 6.13. The van der Waals surface area contributed by atoms with E-state index in [0.29, 0.717) is 5.56 Å². The first-order chi connectivity index (χ1) is 9.92. The number of ether oxygens (including phenoxy) is 1. The highest BCUT2D eigenvalue weighted by Crippen LogP contribution is 2.28. The fraction of sp³-hybridized carbons (Fsp3) is 0.182. The predicted octanol–water partition coefficient (Wildman–Crippen LogP) is 2.41. The highest BCUT2D eigenvalue weighted by Gasteiger charge is 2.20. The minimum Gasteiger partial charge on any atom is -0.490 e. The first kappa shape index (κ1) is 14.7. The molecule has 0 atom stereocenters. The number of hydrogen-bond acceptors (Lipinski definition) is 6. The molecule has 0 amide bonds. The van der Waals surface area contributed by atoms with Crippen LogP contribution in [0.2, 0.25) is 5.02 Å². The smallest absolute Gasteiger partial charge is 0.408 e. The molecule has 21 heavy (non-hydrogen) atoms. The predicted molar refractivity (Wildman–Crippen MR) is 72.6 cm³/mol. The van der Waals surface area contributed by atoms with Gasteiger partial charge in [-0.2, -0.15) is 4.68 Å². The Balaban J connectivity index is 2.31. The number of aromatic nitrogens is 2. The summed E-state index contributed by atoms with van der Waals surface area (Å²) in [6.07, 6.45) is 1.29. The van der Waals surface area contributed by atoms with Gasteiger partial charge in [-0.05, 0) is 16.6 Å². The van der Waals surface area contributed by atoms with E-state index in [1.807, 2.05) is 0 Å². The first-order valence-corrected chi connectivity index (χ1v) is 5.99. The van der Waals surface area contributed by atoms with Gasteiger partial charge in [0.25, 0.3) is 0 Å². The van der Waals surface area contributed by atoms with E-state index in [0.717, 1.165) is 0 Å². The summed E-state index contributed by atoms with van der Waals surface area (Å²) in [5.41, 5.74) is 0.347. The van der Waals surface area contributed by atoms with Crippen LogP contribution in [0.15, 0.2) is 24.4 Å². The molecular weight excluding hydrogens is 304 g/mol. The second-order valence-corrected chi connectivity index (χ2v) is 4.43. The topological polar surface area (TPSA) is 113 Å². The molecule has 0 unspecified atom stereocenters. The van der Waals surface area contributed by atoms with Crippen molar-refractivity contribution in [2.45, 2.75) is 6.54 Å². The molecule has 0 fully saturated rings. The van der Waals surface area contributed by atoms with Crippen molar-refractivity contribution >= 4 is 23.1 Å². The zero-order valence-corrected chi connectivity index (χ0v) is 11.5. The monoisotopic (exact) mass is 312 g/mol. The molecule has 0 aliphatic carbocycles. The van der Waals surface area contributed by atoms with Crippen molar-refractivity contribution in [3.05, 3.63) is 55.2 Å². The largest absolute Gasteiger partial charge is 0.490 e. The van der Waals surface area contributed by atoms with E-state index in [1.54, 1.807) is 6.07 Å². The average molecular weight is 313 g/mol. The van der Waals surface area contributed by atoms with Gasteiger partial charge in [0.2, 0.25) is 0 Å². The van der Waals surface area contributed by atoms with Crippen molar-refractivity contribution in [2.75, 3.05) is 7.11 Å². The van der Waals surface area contributed by atoms with E-state index in [1.165, 1.54) is 30.1 Å². The summed E-state index contributed by atoms with van der Waals surface area (Å²) in [7, 11) is 1.33. The van der Waals surface area contributed by atoms with Gasteiger partial charge in [-0.25, -0.2) is 0 Å². The molecule has 10 heteroatoms.